The molecule has 0 bridgehead atoms. The van der Waals surface area contributed by atoms with Gasteiger partial charge in [0.25, 0.3) is 5.91 Å². The molecule has 1 aromatic carbocycles. The number of benzene rings is 1. The Morgan fingerprint density at radius 2 is 2.08 bits per heavy atom. The lowest BCUT2D eigenvalue weighted by atomic mass is 10.0. The molecule has 24 heavy (non-hydrogen) atoms. The average molecular weight is 357 g/mol. The number of hydrogen-bond acceptors (Lipinski definition) is 3. The Bertz CT molecular complexity index is 569. The molecule has 0 atom stereocenters. The van der Waals surface area contributed by atoms with Gasteiger partial charge in [0.1, 0.15) is 5.82 Å². The number of likely N-dealkylation sites (tertiary alicyclic amines) is 1. The summed E-state index contributed by atoms with van der Waals surface area (Å²) in [5, 5.41) is 2.91. The Morgan fingerprint density at radius 3 is 2.71 bits per heavy atom. The van der Waals surface area contributed by atoms with Crippen LogP contribution in [0.25, 0.3) is 0 Å². The molecule has 1 fully saturated rings. The van der Waals surface area contributed by atoms with Gasteiger partial charge < -0.3 is 15.0 Å². The van der Waals surface area contributed by atoms with E-state index in [0.29, 0.717) is 32.5 Å². The number of carbonyl (C=O) groups excluding carboxylic acids is 2. The van der Waals surface area contributed by atoms with Gasteiger partial charge >= 0.3 is 6.09 Å². The monoisotopic (exact) mass is 356 g/mol. The highest BCUT2D eigenvalue weighted by Crippen LogP contribution is 2.22. The maximum atomic E-state index is 13.8. The number of hydrogen-bond donors (Lipinski definition) is 1. The number of amides is 2. The van der Waals surface area contributed by atoms with Gasteiger partial charge in [0.15, 0.2) is 0 Å². The fraction of sp³-hybridized carbons (Fsp3) is 0.529. The zero-order chi connectivity index (χ0) is 17.5. The fourth-order valence-electron chi connectivity index (χ4n) is 2.60. The Kier molecular flexibility index (Phi) is 6.85. The van der Waals surface area contributed by atoms with Crippen molar-refractivity contribution in [2.75, 3.05) is 19.7 Å². The predicted octanol–water partition coefficient (Wildman–Crippen LogP) is 3.61. The van der Waals surface area contributed by atoms with Crippen LogP contribution in [-0.4, -0.2) is 42.6 Å². The summed E-state index contributed by atoms with van der Waals surface area (Å²) in [5.41, 5.74) is -0.0930. The summed E-state index contributed by atoms with van der Waals surface area (Å²) >= 11 is 5.94. The van der Waals surface area contributed by atoms with E-state index in [-0.39, 0.29) is 16.6 Å². The van der Waals surface area contributed by atoms with Crippen molar-refractivity contribution in [3.8, 4) is 0 Å². The van der Waals surface area contributed by atoms with Crippen molar-refractivity contribution >= 4 is 23.6 Å². The van der Waals surface area contributed by atoms with E-state index in [1.54, 1.807) is 4.90 Å². The van der Waals surface area contributed by atoms with Crippen LogP contribution < -0.4 is 5.32 Å². The number of unbranched alkanes of at least 4 members (excludes halogenated alkanes) is 1. The molecule has 132 valence electrons. The quantitative estimate of drug-likeness (QED) is 0.820. The SMILES string of the molecule is CCCCOC(=O)NC1CCN(C(=O)c2c(F)cccc2Cl)CC1. The Hall–Kier alpha value is -1.82. The number of alkyl carbamates (subject to hydrolysis) is 1. The maximum Gasteiger partial charge on any atom is 0.407 e. The second-order valence-corrected chi connectivity index (χ2v) is 6.20. The summed E-state index contributed by atoms with van der Waals surface area (Å²) in [7, 11) is 0. The molecular weight excluding hydrogens is 335 g/mol. The largest absolute Gasteiger partial charge is 0.450 e. The van der Waals surface area contributed by atoms with E-state index in [9.17, 15) is 14.0 Å². The zero-order valence-corrected chi connectivity index (χ0v) is 14.4. The van der Waals surface area contributed by atoms with Gasteiger partial charge in [-0.25, -0.2) is 9.18 Å². The van der Waals surface area contributed by atoms with Crippen LogP contribution in [-0.2, 0) is 4.74 Å². The van der Waals surface area contributed by atoms with Crippen LogP contribution in [0.15, 0.2) is 18.2 Å². The van der Waals surface area contributed by atoms with Crippen molar-refractivity contribution < 1.29 is 18.7 Å². The predicted molar refractivity (Wildman–Crippen MR) is 89.7 cm³/mol. The highest BCUT2D eigenvalue weighted by molar-refractivity contribution is 6.33. The molecule has 0 aliphatic carbocycles. The lowest BCUT2D eigenvalue weighted by Gasteiger charge is -2.32. The van der Waals surface area contributed by atoms with Crippen molar-refractivity contribution in [1.82, 2.24) is 10.2 Å². The molecule has 1 N–H and O–H groups in total. The van der Waals surface area contributed by atoms with Crippen molar-refractivity contribution in [1.29, 1.82) is 0 Å². The third-order valence-electron chi connectivity index (χ3n) is 4.01. The standard InChI is InChI=1S/C17H22ClFN2O3/c1-2-3-11-24-17(23)20-12-7-9-21(10-8-12)16(22)15-13(18)5-4-6-14(15)19/h4-6,12H,2-3,7-11H2,1H3,(H,20,23). The van der Waals surface area contributed by atoms with E-state index in [1.165, 1.54) is 18.2 Å². The molecule has 0 saturated carbocycles. The van der Waals surface area contributed by atoms with E-state index in [4.69, 9.17) is 16.3 Å². The molecule has 1 aliphatic heterocycles. The van der Waals surface area contributed by atoms with Crippen LogP contribution in [0.2, 0.25) is 5.02 Å². The number of nitrogens with zero attached hydrogens (tertiary/aromatic N) is 1. The molecule has 0 spiro atoms. The number of ether oxygens (including phenoxy) is 1. The summed E-state index contributed by atoms with van der Waals surface area (Å²) in [6.45, 7) is 3.30. The minimum Gasteiger partial charge on any atom is -0.450 e. The first-order valence-electron chi connectivity index (χ1n) is 8.19. The molecule has 0 aromatic heterocycles. The lowest BCUT2D eigenvalue weighted by Crippen LogP contribution is -2.46. The molecular formula is C17H22ClFN2O3. The molecule has 2 rings (SSSR count). The van der Waals surface area contributed by atoms with E-state index in [1.807, 2.05) is 6.92 Å². The van der Waals surface area contributed by atoms with Gasteiger partial charge in [-0.2, -0.15) is 0 Å². The first-order valence-corrected chi connectivity index (χ1v) is 8.57. The molecule has 1 saturated heterocycles. The van der Waals surface area contributed by atoms with Gasteiger partial charge in [-0.1, -0.05) is 31.0 Å². The van der Waals surface area contributed by atoms with Gasteiger partial charge in [-0.15, -0.1) is 0 Å². The Balaban J connectivity index is 1.84. The summed E-state index contributed by atoms with van der Waals surface area (Å²) in [6.07, 6.45) is 2.57. The number of piperidine rings is 1. The van der Waals surface area contributed by atoms with Gasteiger partial charge in [-0.3, -0.25) is 4.79 Å². The van der Waals surface area contributed by atoms with Crippen LogP contribution in [0.1, 0.15) is 43.0 Å². The highest BCUT2D eigenvalue weighted by atomic mass is 35.5. The molecule has 7 heteroatoms. The van der Waals surface area contributed by atoms with E-state index in [0.717, 1.165) is 12.8 Å². The molecule has 0 unspecified atom stereocenters. The topological polar surface area (TPSA) is 58.6 Å². The summed E-state index contributed by atoms with van der Waals surface area (Å²) < 4.78 is 18.9. The number of carbonyl (C=O) groups is 2. The van der Waals surface area contributed by atoms with Gasteiger partial charge in [0, 0.05) is 19.1 Å². The third-order valence-corrected chi connectivity index (χ3v) is 4.33. The molecule has 1 aromatic rings. The van der Waals surface area contributed by atoms with Gasteiger partial charge in [0.2, 0.25) is 0 Å². The van der Waals surface area contributed by atoms with Crippen LogP contribution in [0.3, 0.4) is 0 Å². The highest BCUT2D eigenvalue weighted by Gasteiger charge is 2.27. The van der Waals surface area contributed by atoms with Crippen molar-refractivity contribution in [3.63, 3.8) is 0 Å². The second kappa shape index (κ2) is 8.87. The molecule has 1 heterocycles. The van der Waals surface area contributed by atoms with E-state index >= 15 is 0 Å². The minimum atomic E-state index is -0.618. The first-order chi connectivity index (χ1) is 11.5. The second-order valence-electron chi connectivity index (χ2n) is 5.80. The number of nitrogens with one attached hydrogen (secondary N) is 1. The third kappa shape index (κ3) is 4.84. The molecule has 0 radical (unpaired) electrons. The summed E-state index contributed by atoms with van der Waals surface area (Å²) in [4.78, 5) is 25.6. The van der Waals surface area contributed by atoms with E-state index < -0.39 is 17.8 Å². The minimum absolute atomic E-state index is 0.0423. The van der Waals surface area contributed by atoms with Crippen molar-refractivity contribution in [3.05, 3.63) is 34.6 Å². The van der Waals surface area contributed by atoms with Crippen LogP contribution >= 0.6 is 11.6 Å². The maximum absolute atomic E-state index is 13.8. The van der Waals surface area contributed by atoms with Crippen LogP contribution in [0, 0.1) is 5.82 Å². The molecule has 5 nitrogen and oxygen atoms in total. The normalized spacial score (nSPS) is 15.2. The summed E-state index contributed by atoms with van der Waals surface area (Å²) in [5.74, 6) is -1.03. The Labute approximate surface area is 146 Å². The number of halogens is 2. The molecule has 1 aliphatic rings. The van der Waals surface area contributed by atoms with E-state index in [2.05, 4.69) is 5.32 Å². The Morgan fingerprint density at radius 1 is 1.38 bits per heavy atom. The average Bonchev–Trinajstić information content (AvgIpc) is 2.55. The number of rotatable bonds is 5. The van der Waals surface area contributed by atoms with Crippen molar-refractivity contribution in [2.24, 2.45) is 0 Å². The smallest absolute Gasteiger partial charge is 0.407 e. The fourth-order valence-corrected chi connectivity index (χ4v) is 2.85. The summed E-state index contributed by atoms with van der Waals surface area (Å²) in [6, 6.07) is 4.15. The van der Waals surface area contributed by atoms with Crippen LogP contribution in [0.5, 0.6) is 0 Å². The van der Waals surface area contributed by atoms with Gasteiger partial charge in [0.05, 0.1) is 17.2 Å². The first kappa shape index (κ1) is 18.5. The van der Waals surface area contributed by atoms with Gasteiger partial charge in [-0.05, 0) is 31.4 Å². The molecule has 2 amide bonds. The van der Waals surface area contributed by atoms with Crippen LogP contribution in [0.4, 0.5) is 9.18 Å². The lowest BCUT2D eigenvalue weighted by molar-refractivity contribution is 0.0697. The zero-order valence-electron chi connectivity index (χ0n) is 13.7. The van der Waals surface area contributed by atoms with Crippen molar-refractivity contribution in [2.45, 2.75) is 38.6 Å².